The standard InChI is InChI=1S/C23H24F2N10O/c1-23(2,3)16-9-17(33-35(16)8-5-26)31-22-32-21-19(34(22)4)18(20(24)25)15(12-30-21)36-14(10-27)13-11-28-6-7-29-13/h6-7,9-12,20,27,29H,8H2,1-4H3,(H,30,31,32,33)/p+1/b14-13+,27-10?. The third kappa shape index (κ3) is 4.71. The summed E-state index contributed by atoms with van der Waals surface area (Å²) in [6.07, 6.45) is 3.87. The number of hydrogen-bond acceptors (Lipinski definition) is 8. The van der Waals surface area contributed by atoms with Crippen molar-refractivity contribution in [3.05, 3.63) is 47.4 Å². The molecule has 0 aromatic carbocycles. The number of hydrogen-bond donors (Lipinski definition) is 3. The molecule has 0 amide bonds. The number of anilines is 2. The zero-order chi connectivity index (χ0) is 26.0. The minimum absolute atomic E-state index is 0.0457. The summed E-state index contributed by atoms with van der Waals surface area (Å²) in [6, 6.07) is 3.89. The third-order valence-corrected chi connectivity index (χ3v) is 5.43. The van der Waals surface area contributed by atoms with Gasteiger partial charge in [0.2, 0.25) is 11.7 Å². The lowest BCUT2D eigenvalue weighted by molar-refractivity contribution is -0.528. The minimum Gasteiger partial charge on any atom is -0.447 e. The highest BCUT2D eigenvalue weighted by Gasteiger charge is 2.27. The third-order valence-electron chi connectivity index (χ3n) is 5.43. The highest BCUT2D eigenvalue weighted by atomic mass is 19.3. The number of quaternary nitrogens is 1. The van der Waals surface area contributed by atoms with Gasteiger partial charge in [0, 0.05) is 24.2 Å². The summed E-state index contributed by atoms with van der Waals surface area (Å²) in [5.74, 6) is 0.508. The number of nitrogens with zero attached hydrogens (tertiary/aromatic N) is 7. The van der Waals surface area contributed by atoms with Gasteiger partial charge in [-0.3, -0.25) is 15.0 Å². The van der Waals surface area contributed by atoms with Crippen molar-refractivity contribution in [2.45, 2.75) is 39.2 Å². The monoisotopic (exact) mass is 495 g/mol. The Morgan fingerprint density at radius 1 is 1.39 bits per heavy atom. The van der Waals surface area contributed by atoms with Gasteiger partial charge in [-0.05, 0) is 0 Å². The second kappa shape index (κ2) is 9.67. The largest absolute Gasteiger partial charge is 0.447 e. The van der Waals surface area contributed by atoms with Gasteiger partial charge >= 0.3 is 0 Å². The van der Waals surface area contributed by atoms with E-state index >= 15 is 0 Å². The molecule has 3 aromatic rings. The van der Waals surface area contributed by atoms with Crippen molar-refractivity contribution in [2.75, 3.05) is 5.32 Å². The molecule has 4 N–H and O–H groups in total. The van der Waals surface area contributed by atoms with Crippen molar-refractivity contribution in [2.24, 2.45) is 12.0 Å². The van der Waals surface area contributed by atoms with Crippen LogP contribution in [0.3, 0.4) is 0 Å². The van der Waals surface area contributed by atoms with E-state index in [1.54, 1.807) is 35.5 Å². The minimum atomic E-state index is -2.91. The van der Waals surface area contributed by atoms with Crippen LogP contribution in [0.25, 0.3) is 11.2 Å². The Balaban J connectivity index is 1.76. The Morgan fingerprint density at radius 3 is 2.78 bits per heavy atom. The molecule has 0 unspecified atom stereocenters. The average Bonchev–Trinajstić information content (AvgIpc) is 3.39. The summed E-state index contributed by atoms with van der Waals surface area (Å²) in [5.41, 5.74) is 0.780. The molecule has 11 nitrogen and oxygen atoms in total. The fourth-order valence-corrected chi connectivity index (χ4v) is 3.77. The molecular formula is C23H25F2N10O+. The molecule has 13 heteroatoms. The molecule has 186 valence electrons. The van der Waals surface area contributed by atoms with Crippen LogP contribution >= 0.6 is 0 Å². The van der Waals surface area contributed by atoms with E-state index in [1.807, 2.05) is 20.8 Å². The lowest BCUT2D eigenvalue weighted by Gasteiger charge is -2.18. The van der Waals surface area contributed by atoms with Gasteiger partial charge < -0.3 is 20.0 Å². The number of nitrogens with two attached hydrogens (primary N) is 1. The topological polar surface area (TPSA) is 146 Å². The van der Waals surface area contributed by atoms with Crippen LogP contribution in [0.2, 0.25) is 0 Å². The number of allylic oxidation sites excluding steroid dienone is 2. The first-order valence-corrected chi connectivity index (χ1v) is 11.0. The SMILES string of the molecule is Cn1c(Nc2cc(C(C)(C)C)n(CC#N)n2)nc2ncc(O/C(C=N)=C3\C=NC=C[NH2+]3)c(C(F)F)c21. The smallest absolute Gasteiger partial charge is 0.269 e. The molecule has 0 bridgehead atoms. The van der Waals surface area contributed by atoms with Crippen LogP contribution < -0.4 is 15.4 Å². The lowest BCUT2D eigenvalue weighted by Crippen LogP contribution is -2.77. The zero-order valence-electron chi connectivity index (χ0n) is 20.1. The van der Waals surface area contributed by atoms with Crippen LogP contribution in [0.1, 0.15) is 38.5 Å². The zero-order valence-corrected chi connectivity index (χ0v) is 20.1. The number of nitrogens with one attached hydrogen (secondary N) is 2. The number of nitriles is 1. The molecule has 4 rings (SSSR count). The van der Waals surface area contributed by atoms with E-state index < -0.39 is 12.0 Å². The molecule has 0 fully saturated rings. The number of halogens is 2. The van der Waals surface area contributed by atoms with Crippen molar-refractivity contribution in [3.8, 4) is 11.8 Å². The molecular weight excluding hydrogens is 470 g/mol. The molecule has 1 aliphatic rings. The summed E-state index contributed by atoms with van der Waals surface area (Å²) in [4.78, 5) is 12.6. The maximum absolute atomic E-state index is 14.3. The second-order valence-corrected chi connectivity index (χ2v) is 8.96. The molecule has 0 saturated carbocycles. The van der Waals surface area contributed by atoms with E-state index in [0.717, 1.165) is 11.9 Å². The van der Waals surface area contributed by atoms with Crippen LogP contribution in [-0.4, -0.2) is 36.7 Å². The molecule has 0 spiro atoms. The van der Waals surface area contributed by atoms with Crippen LogP contribution in [0, 0.1) is 16.7 Å². The van der Waals surface area contributed by atoms with Crippen molar-refractivity contribution in [3.63, 3.8) is 0 Å². The fraction of sp³-hybridized carbons (Fsp3) is 0.304. The van der Waals surface area contributed by atoms with Crippen LogP contribution in [0.15, 0.2) is 41.1 Å². The first-order valence-electron chi connectivity index (χ1n) is 11.0. The number of ether oxygens (including phenoxy) is 1. The highest BCUT2D eigenvalue weighted by Crippen LogP contribution is 2.37. The van der Waals surface area contributed by atoms with Crippen LogP contribution in [-0.2, 0) is 19.0 Å². The first kappa shape index (κ1) is 24.7. The number of aryl methyl sites for hydroxylation is 1. The fourth-order valence-electron chi connectivity index (χ4n) is 3.77. The number of alkyl halides is 2. The lowest BCUT2D eigenvalue weighted by atomic mass is 9.92. The first-order chi connectivity index (χ1) is 17.1. The van der Waals surface area contributed by atoms with Crippen molar-refractivity contribution < 1.29 is 18.8 Å². The maximum atomic E-state index is 14.3. The average molecular weight is 496 g/mol. The molecule has 3 aromatic heterocycles. The quantitative estimate of drug-likeness (QED) is 0.339. The Morgan fingerprint density at radius 2 is 2.17 bits per heavy atom. The molecule has 0 aliphatic carbocycles. The normalized spacial score (nSPS) is 14.8. The number of imidazole rings is 1. The summed E-state index contributed by atoms with van der Waals surface area (Å²) < 4.78 is 37.4. The van der Waals surface area contributed by atoms with Gasteiger partial charge in [-0.1, -0.05) is 20.8 Å². The van der Waals surface area contributed by atoms with Crippen molar-refractivity contribution >= 4 is 35.4 Å². The van der Waals surface area contributed by atoms with E-state index in [2.05, 4.69) is 31.4 Å². The summed E-state index contributed by atoms with van der Waals surface area (Å²) in [5, 5.41) is 26.0. The predicted molar refractivity (Wildman–Crippen MR) is 129 cm³/mol. The van der Waals surface area contributed by atoms with Gasteiger partial charge in [0.1, 0.15) is 18.3 Å². The molecule has 0 radical (unpaired) electrons. The number of aliphatic imine (C=N–C) groups is 1. The molecule has 36 heavy (non-hydrogen) atoms. The Labute approximate surface area is 205 Å². The predicted octanol–water partition coefficient (Wildman–Crippen LogP) is 3.03. The van der Waals surface area contributed by atoms with Gasteiger partial charge in [-0.25, -0.2) is 13.8 Å². The van der Waals surface area contributed by atoms with E-state index in [1.165, 1.54) is 17.0 Å². The van der Waals surface area contributed by atoms with E-state index in [9.17, 15) is 8.78 Å². The van der Waals surface area contributed by atoms with Crippen LogP contribution in [0.5, 0.6) is 5.75 Å². The Bertz CT molecular complexity index is 1450. The number of aromatic nitrogens is 5. The Hall–Kier alpha value is -4.44. The van der Waals surface area contributed by atoms with Gasteiger partial charge in [0.25, 0.3) is 6.43 Å². The van der Waals surface area contributed by atoms with Crippen molar-refractivity contribution in [1.82, 2.24) is 24.3 Å². The second-order valence-electron chi connectivity index (χ2n) is 8.96. The number of rotatable bonds is 7. The molecule has 0 atom stereocenters. The molecule has 1 aliphatic heterocycles. The van der Waals surface area contributed by atoms with Crippen LogP contribution in [0.4, 0.5) is 20.5 Å². The molecule has 0 saturated heterocycles. The highest BCUT2D eigenvalue weighted by molar-refractivity contribution is 5.87. The van der Waals surface area contributed by atoms with Gasteiger partial charge in [0.15, 0.2) is 22.9 Å². The Kier molecular flexibility index (Phi) is 6.63. The summed E-state index contributed by atoms with van der Waals surface area (Å²) in [7, 11) is 1.58. The van der Waals surface area contributed by atoms with Gasteiger partial charge in [-0.2, -0.15) is 15.3 Å². The number of pyridine rings is 1. The summed E-state index contributed by atoms with van der Waals surface area (Å²) >= 11 is 0. The maximum Gasteiger partial charge on any atom is 0.269 e. The van der Waals surface area contributed by atoms with E-state index in [4.69, 9.17) is 15.4 Å². The molecule has 4 heterocycles. The van der Waals surface area contributed by atoms with E-state index in [-0.39, 0.29) is 40.6 Å². The van der Waals surface area contributed by atoms with Gasteiger partial charge in [0.05, 0.1) is 36.5 Å². The van der Waals surface area contributed by atoms with Crippen molar-refractivity contribution in [1.29, 1.82) is 10.7 Å². The number of fused-ring (bicyclic) bond motifs is 1. The van der Waals surface area contributed by atoms with E-state index in [0.29, 0.717) is 11.5 Å². The summed E-state index contributed by atoms with van der Waals surface area (Å²) in [6.45, 7) is 6.07. The van der Waals surface area contributed by atoms with Gasteiger partial charge in [-0.15, -0.1) is 0 Å².